The molecule has 0 aliphatic carbocycles. The summed E-state index contributed by atoms with van der Waals surface area (Å²) in [5, 5.41) is 0.833. The molecule has 1 unspecified atom stereocenters. The fraction of sp³-hybridized carbons (Fsp3) is 0.600. The molecule has 102 valence electrons. The molecule has 1 aromatic carbocycles. The van der Waals surface area contributed by atoms with Crippen LogP contribution in [0.3, 0.4) is 0 Å². The molecule has 0 bridgehead atoms. The second-order valence-corrected chi connectivity index (χ2v) is 5.11. The van der Waals surface area contributed by atoms with E-state index >= 15 is 0 Å². The molecule has 0 aliphatic heterocycles. The van der Waals surface area contributed by atoms with Gasteiger partial charge in [0.2, 0.25) is 0 Å². The Bertz CT molecular complexity index is 352. The summed E-state index contributed by atoms with van der Waals surface area (Å²) in [4.78, 5) is 0. The summed E-state index contributed by atoms with van der Waals surface area (Å²) in [5.41, 5.74) is 1.20. The van der Waals surface area contributed by atoms with Gasteiger partial charge in [-0.05, 0) is 37.0 Å². The molecular weight excluding hydrogens is 292 g/mol. The molecular formula is C15H23BrO2. The highest BCUT2D eigenvalue weighted by atomic mass is 79.9. The zero-order valence-electron chi connectivity index (χ0n) is 11.5. The largest absolute Gasteiger partial charge is 0.490 e. The molecule has 1 aromatic rings. The van der Waals surface area contributed by atoms with Crippen molar-refractivity contribution in [3.05, 3.63) is 23.8 Å². The first-order chi connectivity index (χ1) is 8.71. The zero-order chi connectivity index (χ0) is 13.4. The Morgan fingerprint density at radius 3 is 2.56 bits per heavy atom. The normalized spacial score (nSPS) is 12.2. The summed E-state index contributed by atoms with van der Waals surface area (Å²) in [6, 6.07) is 6.11. The van der Waals surface area contributed by atoms with Gasteiger partial charge in [-0.15, -0.1) is 0 Å². The van der Waals surface area contributed by atoms with E-state index in [1.54, 1.807) is 0 Å². The van der Waals surface area contributed by atoms with Crippen molar-refractivity contribution in [2.75, 3.05) is 13.2 Å². The van der Waals surface area contributed by atoms with Crippen LogP contribution in [-0.4, -0.2) is 13.2 Å². The molecule has 0 N–H and O–H groups in total. The maximum atomic E-state index is 5.86. The minimum atomic E-state index is 0.584. The molecule has 1 atom stereocenters. The van der Waals surface area contributed by atoms with E-state index in [0.29, 0.717) is 12.5 Å². The van der Waals surface area contributed by atoms with Crippen molar-refractivity contribution < 1.29 is 9.47 Å². The second-order valence-electron chi connectivity index (χ2n) is 4.55. The quantitative estimate of drug-likeness (QED) is 0.642. The van der Waals surface area contributed by atoms with Gasteiger partial charge in [0.1, 0.15) is 0 Å². The fourth-order valence-electron chi connectivity index (χ4n) is 1.83. The third-order valence-electron chi connectivity index (χ3n) is 2.77. The maximum absolute atomic E-state index is 5.86. The topological polar surface area (TPSA) is 18.5 Å². The number of rotatable bonds is 8. The molecule has 3 heteroatoms. The number of hydrogen-bond donors (Lipinski definition) is 0. The second kappa shape index (κ2) is 8.41. The van der Waals surface area contributed by atoms with Gasteiger partial charge in [-0.25, -0.2) is 0 Å². The third kappa shape index (κ3) is 4.89. The Kier molecular flexibility index (Phi) is 7.18. The lowest BCUT2D eigenvalue weighted by molar-refractivity contribution is 0.234. The van der Waals surface area contributed by atoms with Crippen LogP contribution in [0, 0.1) is 5.92 Å². The Labute approximate surface area is 119 Å². The molecule has 1 rings (SSSR count). The highest BCUT2D eigenvalue weighted by Gasteiger charge is 2.08. The van der Waals surface area contributed by atoms with Gasteiger partial charge in [-0.3, -0.25) is 0 Å². The monoisotopic (exact) mass is 314 g/mol. The maximum Gasteiger partial charge on any atom is 0.161 e. The molecule has 0 aromatic heterocycles. The predicted molar refractivity (Wildman–Crippen MR) is 79.8 cm³/mol. The van der Waals surface area contributed by atoms with Crippen molar-refractivity contribution in [3.63, 3.8) is 0 Å². The molecule has 0 saturated heterocycles. The summed E-state index contributed by atoms with van der Waals surface area (Å²) in [6.07, 6.45) is 2.40. The van der Waals surface area contributed by atoms with Crippen molar-refractivity contribution in [1.29, 1.82) is 0 Å². The van der Waals surface area contributed by atoms with Crippen LogP contribution in [0.25, 0.3) is 0 Å². The lowest BCUT2D eigenvalue weighted by Crippen LogP contribution is -2.09. The molecule has 0 fully saturated rings. The van der Waals surface area contributed by atoms with E-state index in [2.05, 4.69) is 35.8 Å². The van der Waals surface area contributed by atoms with Crippen LogP contribution < -0.4 is 9.47 Å². The van der Waals surface area contributed by atoms with Crippen LogP contribution in [-0.2, 0) is 5.33 Å². The first kappa shape index (κ1) is 15.4. The van der Waals surface area contributed by atoms with E-state index in [9.17, 15) is 0 Å². The van der Waals surface area contributed by atoms with Crippen molar-refractivity contribution >= 4 is 15.9 Å². The smallest absolute Gasteiger partial charge is 0.161 e. The van der Waals surface area contributed by atoms with Crippen molar-refractivity contribution in [2.24, 2.45) is 5.92 Å². The fourth-order valence-corrected chi connectivity index (χ4v) is 2.18. The predicted octanol–water partition coefficient (Wildman–Crippen LogP) is 4.80. The first-order valence-corrected chi connectivity index (χ1v) is 7.77. The van der Waals surface area contributed by atoms with Crippen molar-refractivity contribution in [1.82, 2.24) is 0 Å². The van der Waals surface area contributed by atoms with Gasteiger partial charge in [0, 0.05) is 5.33 Å². The Hall–Kier alpha value is -0.700. The minimum Gasteiger partial charge on any atom is -0.490 e. The van der Waals surface area contributed by atoms with E-state index in [1.807, 2.05) is 19.1 Å². The molecule has 0 amide bonds. The average molecular weight is 315 g/mol. The molecule has 18 heavy (non-hydrogen) atoms. The summed E-state index contributed by atoms with van der Waals surface area (Å²) < 4.78 is 11.5. The SMILES string of the molecule is CCCC(C)COc1ccc(CBr)cc1OCC. The zero-order valence-corrected chi connectivity index (χ0v) is 13.1. The molecule has 0 aliphatic rings. The Balaban J connectivity index is 2.68. The summed E-state index contributed by atoms with van der Waals surface area (Å²) >= 11 is 3.45. The van der Waals surface area contributed by atoms with Crippen LogP contribution in [0.5, 0.6) is 11.5 Å². The van der Waals surface area contributed by atoms with Gasteiger partial charge in [0.25, 0.3) is 0 Å². The number of halogens is 1. The highest BCUT2D eigenvalue weighted by Crippen LogP contribution is 2.29. The third-order valence-corrected chi connectivity index (χ3v) is 3.41. The van der Waals surface area contributed by atoms with E-state index in [-0.39, 0.29) is 0 Å². The molecule has 0 radical (unpaired) electrons. The number of benzene rings is 1. The summed E-state index contributed by atoms with van der Waals surface area (Å²) in [5.74, 6) is 2.28. The van der Waals surface area contributed by atoms with Crippen LogP contribution in [0.2, 0.25) is 0 Å². The van der Waals surface area contributed by atoms with Gasteiger partial charge < -0.3 is 9.47 Å². The lowest BCUT2D eigenvalue weighted by Gasteiger charge is -2.15. The average Bonchev–Trinajstić information content (AvgIpc) is 2.38. The van der Waals surface area contributed by atoms with E-state index < -0.39 is 0 Å². The molecule has 2 nitrogen and oxygen atoms in total. The van der Waals surface area contributed by atoms with Crippen molar-refractivity contribution in [2.45, 2.75) is 38.9 Å². The summed E-state index contributed by atoms with van der Waals surface area (Å²) in [6.45, 7) is 7.82. The van der Waals surface area contributed by atoms with Crippen LogP contribution in [0.4, 0.5) is 0 Å². The standard InChI is InChI=1S/C15H23BrO2/c1-4-6-12(3)11-18-14-8-7-13(10-16)9-15(14)17-5-2/h7-9,12H,4-6,10-11H2,1-3H3. The van der Waals surface area contributed by atoms with E-state index in [1.165, 1.54) is 18.4 Å². The van der Waals surface area contributed by atoms with Gasteiger partial charge >= 0.3 is 0 Å². The van der Waals surface area contributed by atoms with Crippen LogP contribution in [0.1, 0.15) is 39.2 Å². The van der Waals surface area contributed by atoms with Gasteiger partial charge in [0.15, 0.2) is 11.5 Å². The molecule has 0 saturated carbocycles. The van der Waals surface area contributed by atoms with Gasteiger partial charge in [-0.1, -0.05) is 42.3 Å². The van der Waals surface area contributed by atoms with E-state index in [4.69, 9.17) is 9.47 Å². The minimum absolute atomic E-state index is 0.584. The van der Waals surface area contributed by atoms with Crippen LogP contribution in [0.15, 0.2) is 18.2 Å². The number of alkyl halides is 1. The van der Waals surface area contributed by atoms with Crippen molar-refractivity contribution in [3.8, 4) is 11.5 Å². The van der Waals surface area contributed by atoms with Gasteiger partial charge in [0.05, 0.1) is 13.2 Å². The molecule has 0 spiro atoms. The Morgan fingerprint density at radius 2 is 1.94 bits per heavy atom. The summed E-state index contributed by atoms with van der Waals surface area (Å²) in [7, 11) is 0. The van der Waals surface area contributed by atoms with Gasteiger partial charge in [-0.2, -0.15) is 0 Å². The molecule has 0 heterocycles. The highest BCUT2D eigenvalue weighted by molar-refractivity contribution is 9.08. The lowest BCUT2D eigenvalue weighted by atomic mass is 10.1. The van der Waals surface area contributed by atoms with E-state index in [0.717, 1.165) is 23.4 Å². The Morgan fingerprint density at radius 1 is 1.17 bits per heavy atom. The number of hydrogen-bond acceptors (Lipinski definition) is 2. The van der Waals surface area contributed by atoms with Crippen LogP contribution >= 0.6 is 15.9 Å². The first-order valence-electron chi connectivity index (χ1n) is 6.65. The number of ether oxygens (including phenoxy) is 2.